The molecule has 1 amide bonds. The number of halogens is 4. The van der Waals surface area contributed by atoms with E-state index in [1.54, 1.807) is 22.9 Å². The molecular formula is C20H15F4N3O3. The lowest BCUT2D eigenvalue weighted by Gasteiger charge is -2.24. The van der Waals surface area contributed by atoms with Crippen molar-refractivity contribution in [1.29, 1.82) is 0 Å². The molecule has 30 heavy (non-hydrogen) atoms. The van der Waals surface area contributed by atoms with Crippen molar-refractivity contribution < 1.29 is 31.8 Å². The Morgan fingerprint density at radius 3 is 2.50 bits per heavy atom. The fraction of sp³-hybridized carbons (Fsp3) is 0.200. The Bertz CT molecular complexity index is 1050. The van der Waals surface area contributed by atoms with Crippen molar-refractivity contribution in [2.24, 2.45) is 0 Å². The number of nitrogens with one attached hydrogen (secondary N) is 1. The highest BCUT2D eigenvalue weighted by molar-refractivity contribution is 6.02. The van der Waals surface area contributed by atoms with E-state index in [9.17, 15) is 22.4 Å². The largest absolute Gasteiger partial charge is 0.573 e. The highest BCUT2D eigenvalue weighted by Gasteiger charge is 2.31. The van der Waals surface area contributed by atoms with Crippen LogP contribution in [0.1, 0.15) is 27.8 Å². The van der Waals surface area contributed by atoms with Crippen molar-refractivity contribution in [2.45, 2.75) is 25.6 Å². The molecule has 6 nitrogen and oxygen atoms in total. The van der Waals surface area contributed by atoms with Crippen LogP contribution >= 0.6 is 0 Å². The first-order valence-corrected chi connectivity index (χ1v) is 8.88. The topological polar surface area (TPSA) is 65.4 Å². The SMILES string of the molecule is O=C(Nc1ccc(OC(F)(F)F)cc1)c1cc2n(n1)C[C@@H](c1ccc(F)cc1)OC2. The molecule has 3 aromatic rings. The number of hydrogen-bond donors (Lipinski definition) is 1. The molecule has 0 bridgehead atoms. The summed E-state index contributed by atoms with van der Waals surface area (Å²) in [5.41, 5.74) is 1.93. The van der Waals surface area contributed by atoms with E-state index in [-0.39, 0.29) is 30.0 Å². The maximum atomic E-state index is 13.1. The molecule has 1 aliphatic rings. The number of hydrogen-bond acceptors (Lipinski definition) is 4. The number of anilines is 1. The van der Waals surface area contributed by atoms with Gasteiger partial charge in [-0.3, -0.25) is 9.48 Å². The van der Waals surface area contributed by atoms with Crippen LogP contribution in [0, 0.1) is 5.82 Å². The molecule has 0 aliphatic carbocycles. The molecule has 4 rings (SSSR count). The van der Waals surface area contributed by atoms with E-state index in [0.29, 0.717) is 17.9 Å². The first kappa shape index (κ1) is 19.9. The minimum Gasteiger partial charge on any atom is -0.406 e. The average Bonchev–Trinajstić information content (AvgIpc) is 3.12. The second kappa shape index (κ2) is 7.79. The number of amides is 1. The van der Waals surface area contributed by atoms with E-state index >= 15 is 0 Å². The number of benzene rings is 2. The van der Waals surface area contributed by atoms with Gasteiger partial charge in [-0.05, 0) is 48.0 Å². The van der Waals surface area contributed by atoms with Crippen molar-refractivity contribution in [3.63, 3.8) is 0 Å². The van der Waals surface area contributed by atoms with Crippen molar-refractivity contribution in [3.05, 3.63) is 77.4 Å². The number of carbonyl (C=O) groups is 1. The van der Waals surface area contributed by atoms with Crippen LogP contribution in [0.5, 0.6) is 5.75 Å². The summed E-state index contributed by atoms with van der Waals surface area (Å²) in [5, 5.41) is 6.86. The number of carbonyl (C=O) groups excluding carboxylic acids is 1. The molecule has 1 aromatic heterocycles. The summed E-state index contributed by atoms with van der Waals surface area (Å²) >= 11 is 0. The molecule has 0 radical (unpaired) electrons. The molecule has 1 aliphatic heterocycles. The molecule has 2 heterocycles. The highest BCUT2D eigenvalue weighted by atomic mass is 19.4. The fourth-order valence-electron chi connectivity index (χ4n) is 3.05. The number of rotatable bonds is 4. The first-order chi connectivity index (χ1) is 14.3. The van der Waals surface area contributed by atoms with Crippen LogP contribution < -0.4 is 10.1 Å². The van der Waals surface area contributed by atoms with Gasteiger partial charge in [0.15, 0.2) is 5.69 Å². The smallest absolute Gasteiger partial charge is 0.406 e. The number of ether oxygens (including phenoxy) is 2. The summed E-state index contributed by atoms with van der Waals surface area (Å²) in [6.45, 7) is 0.587. The Hall–Kier alpha value is -3.40. The number of alkyl halides is 3. The van der Waals surface area contributed by atoms with Crippen LogP contribution in [0.25, 0.3) is 0 Å². The van der Waals surface area contributed by atoms with Gasteiger partial charge in [-0.2, -0.15) is 5.10 Å². The van der Waals surface area contributed by atoms with E-state index < -0.39 is 12.3 Å². The Labute approximate surface area is 168 Å². The summed E-state index contributed by atoms with van der Waals surface area (Å²) in [5.74, 6) is -1.24. The number of nitrogens with zero attached hydrogens (tertiary/aromatic N) is 2. The van der Waals surface area contributed by atoms with E-state index in [1.165, 1.54) is 24.3 Å². The molecule has 2 aromatic carbocycles. The van der Waals surface area contributed by atoms with Gasteiger partial charge in [0, 0.05) is 5.69 Å². The number of aromatic nitrogens is 2. The van der Waals surface area contributed by atoms with E-state index in [2.05, 4.69) is 15.2 Å². The van der Waals surface area contributed by atoms with E-state index in [0.717, 1.165) is 17.7 Å². The third kappa shape index (κ3) is 4.60. The lowest BCUT2D eigenvalue weighted by Crippen LogP contribution is -2.22. The van der Waals surface area contributed by atoms with Gasteiger partial charge in [0.1, 0.15) is 17.7 Å². The summed E-state index contributed by atoms with van der Waals surface area (Å²) in [4.78, 5) is 12.5. The van der Waals surface area contributed by atoms with Crippen LogP contribution in [0.2, 0.25) is 0 Å². The molecule has 1 atom stereocenters. The van der Waals surface area contributed by atoms with Gasteiger partial charge in [-0.1, -0.05) is 12.1 Å². The predicted molar refractivity (Wildman–Crippen MR) is 97.2 cm³/mol. The molecule has 0 fully saturated rings. The van der Waals surface area contributed by atoms with Gasteiger partial charge in [0.2, 0.25) is 0 Å². The van der Waals surface area contributed by atoms with E-state index in [1.807, 2.05) is 0 Å². The van der Waals surface area contributed by atoms with Gasteiger partial charge in [-0.25, -0.2) is 4.39 Å². The molecule has 10 heteroatoms. The van der Waals surface area contributed by atoms with Gasteiger partial charge in [-0.15, -0.1) is 13.2 Å². The normalized spacial score (nSPS) is 16.1. The second-order valence-corrected chi connectivity index (χ2v) is 6.58. The molecule has 0 spiro atoms. The lowest BCUT2D eigenvalue weighted by molar-refractivity contribution is -0.274. The zero-order chi connectivity index (χ0) is 21.3. The van der Waals surface area contributed by atoms with Gasteiger partial charge in [0.25, 0.3) is 5.91 Å². The fourth-order valence-corrected chi connectivity index (χ4v) is 3.05. The Morgan fingerprint density at radius 2 is 1.83 bits per heavy atom. The molecule has 0 saturated heterocycles. The second-order valence-electron chi connectivity index (χ2n) is 6.58. The van der Waals surface area contributed by atoms with Crippen LogP contribution in [0.4, 0.5) is 23.2 Å². The van der Waals surface area contributed by atoms with Crippen molar-refractivity contribution in [1.82, 2.24) is 9.78 Å². The third-order valence-corrected chi connectivity index (χ3v) is 4.45. The Kier molecular flexibility index (Phi) is 5.17. The van der Waals surface area contributed by atoms with Crippen molar-refractivity contribution in [2.75, 3.05) is 5.32 Å². The van der Waals surface area contributed by atoms with Crippen LogP contribution in [0.15, 0.2) is 54.6 Å². The van der Waals surface area contributed by atoms with Gasteiger partial charge >= 0.3 is 6.36 Å². The Morgan fingerprint density at radius 1 is 1.13 bits per heavy atom. The Balaban J connectivity index is 1.42. The standard InChI is InChI=1S/C20H15F4N3O3/c21-13-3-1-12(2-4-13)18-10-27-15(11-29-18)9-17(26-27)19(28)25-14-5-7-16(8-6-14)30-20(22,23)24/h1-9,18H,10-11H2,(H,25,28)/t18-/m0/s1. The third-order valence-electron chi connectivity index (χ3n) is 4.45. The lowest BCUT2D eigenvalue weighted by atomic mass is 10.1. The van der Waals surface area contributed by atoms with Gasteiger partial charge < -0.3 is 14.8 Å². The summed E-state index contributed by atoms with van der Waals surface area (Å²) < 4.78 is 60.9. The molecule has 1 N–H and O–H groups in total. The maximum absolute atomic E-state index is 13.1. The molecule has 0 unspecified atom stereocenters. The van der Waals surface area contributed by atoms with Crippen molar-refractivity contribution >= 4 is 11.6 Å². The predicted octanol–water partition coefficient (Wildman–Crippen LogP) is 4.44. The van der Waals surface area contributed by atoms with Crippen LogP contribution in [0.3, 0.4) is 0 Å². The summed E-state index contributed by atoms with van der Waals surface area (Å²) in [6.07, 6.45) is -5.11. The zero-order valence-electron chi connectivity index (χ0n) is 15.3. The highest BCUT2D eigenvalue weighted by Crippen LogP contribution is 2.27. The number of fused-ring (bicyclic) bond motifs is 1. The first-order valence-electron chi connectivity index (χ1n) is 8.88. The summed E-state index contributed by atoms with van der Waals surface area (Å²) in [7, 11) is 0. The maximum Gasteiger partial charge on any atom is 0.573 e. The van der Waals surface area contributed by atoms with E-state index in [4.69, 9.17) is 4.74 Å². The minimum atomic E-state index is -4.78. The molecule has 0 saturated carbocycles. The molecular weight excluding hydrogens is 406 g/mol. The monoisotopic (exact) mass is 421 g/mol. The minimum absolute atomic E-state index is 0.143. The molecule has 156 valence electrons. The average molecular weight is 421 g/mol. The quantitative estimate of drug-likeness (QED) is 0.633. The van der Waals surface area contributed by atoms with Crippen molar-refractivity contribution in [3.8, 4) is 5.75 Å². The zero-order valence-corrected chi connectivity index (χ0v) is 15.3. The van der Waals surface area contributed by atoms with Crippen LogP contribution in [-0.2, 0) is 17.9 Å². The van der Waals surface area contributed by atoms with Crippen LogP contribution in [-0.4, -0.2) is 22.1 Å². The van der Waals surface area contributed by atoms with Gasteiger partial charge in [0.05, 0.1) is 18.8 Å². The summed E-state index contributed by atoms with van der Waals surface area (Å²) in [6, 6.07) is 12.3.